The molecule has 2 heterocycles. The van der Waals surface area contributed by atoms with Gasteiger partial charge in [-0.2, -0.15) is 0 Å². The second-order valence-electron chi connectivity index (χ2n) is 6.59. The Labute approximate surface area is 200 Å². The minimum Gasteiger partial charge on any atom is -0.504 e. The molecule has 0 amide bonds. The van der Waals surface area contributed by atoms with E-state index in [1.165, 1.54) is 31.5 Å². The van der Waals surface area contributed by atoms with Crippen LogP contribution in [0.3, 0.4) is 0 Å². The summed E-state index contributed by atoms with van der Waals surface area (Å²) in [6.45, 7) is 0. The summed E-state index contributed by atoms with van der Waals surface area (Å²) < 4.78 is 7.76. The third-order valence-corrected chi connectivity index (χ3v) is 5.70. The number of halogens is 3. The summed E-state index contributed by atoms with van der Waals surface area (Å²) in [5, 5.41) is 21.3. The number of aromatic nitrogens is 2. The Balaban J connectivity index is 1.91. The van der Waals surface area contributed by atoms with Gasteiger partial charge in [-0.15, -0.1) is 0 Å². The van der Waals surface area contributed by atoms with Gasteiger partial charge in [0.2, 0.25) is 0 Å². The Morgan fingerprint density at radius 1 is 1.22 bits per heavy atom. The maximum absolute atomic E-state index is 11.2. The minimum absolute atomic E-state index is 0.00642. The third-order valence-electron chi connectivity index (χ3n) is 4.60. The molecule has 0 saturated heterocycles. The average Bonchev–Trinajstić information content (AvgIpc) is 3.11. The molecule has 0 spiro atoms. The van der Waals surface area contributed by atoms with Crippen molar-refractivity contribution in [2.45, 2.75) is 0 Å². The summed E-state index contributed by atoms with van der Waals surface area (Å²) in [6.07, 6.45) is 3.21. The molecule has 11 heteroatoms. The number of phenols is 1. The van der Waals surface area contributed by atoms with Crippen molar-refractivity contribution < 1.29 is 14.8 Å². The van der Waals surface area contributed by atoms with E-state index in [1.807, 2.05) is 12.1 Å². The largest absolute Gasteiger partial charge is 0.504 e. The van der Waals surface area contributed by atoms with E-state index in [1.54, 1.807) is 22.7 Å². The molecule has 1 N–H and O–H groups in total. The fourth-order valence-electron chi connectivity index (χ4n) is 3.07. The van der Waals surface area contributed by atoms with E-state index >= 15 is 0 Å². The number of nitro benzene ring substituents is 1. The first-order valence-corrected chi connectivity index (χ1v) is 10.6. The lowest BCUT2D eigenvalue weighted by Crippen LogP contribution is -1.93. The number of hydrogen-bond donors (Lipinski definition) is 1. The maximum atomic E-state index is 11.2. The topological polar surface area (TPSA) is 102 Å². The second-order valence-corrected chi connectivity index (χ2v) is 8.32. The third kappa shape index (κ3) is 4.14. The van der Waals surface area contributed by atoms with Crippen molar-refractivity contribution in [3.8, 4) is 22.8 Å². The smallest absolute Gasteiger partial charge is 0.288 e. The van der Waals surface area contributed by atoms with Crippen molar-refractivity contribution in [2.24, 2.45) is 4.99 Å². The first kappa shape index (κ1) is 22.1. The summed E-state index contributed by atoms with van der Waals surface area (Å²) in [6, 6.07) is 11.1. The number of aliphatic imine (C=N–C) groups is 1. The Bertz CT molecular complexity index is 1400. The molecule has 0 saturated carbocycles. The van der Waals surface area contributed by atoms with E-state index in [4.69, 9.17) is 27.9 Å². The van der Waals surface area contributed by atoms with E-state index in [0.717, 1.165) is 4.47 Å². The van der Waals surface area contributed by atoms with E-state index < -0.39 is 4.92 Å². The van der Waals surface area contributed by atoms with Crippen LogP contribution in [0, 0.1) is 10.1 Å². The lowest BCUT2D eigenvalue weighted by molar-refractivity contribution is -0.384. The number of fused-ring (bicyclic) bond motifs is 1. The van der Waals surface area contributed by atoms with Gasteiger partial charge in [-0.25, -0.2) is 9.98 Å². The van der Waals surface area contributed by atoms with Crippen LogP contribution in [0.15, 0.2) is 58.1 Å². The number of nitro groups is 1. The Kier molecular flexibility index (Phi) is 6.05. The Hall–Kier alpha value is -3.14. The van der Waals surface area contributed by atoms with Gasteiger partial charge in [-0.05, 0) is 52.3 Å². The molecule has 0 aliphatic carbocycles. The number of hydrogen-bond acceptors (Lipinski definition) is 6. The molecule has 32 heavy (non-hydrogen) atoms. The quantitative estimate of drug-likeness (QED) is 0.180. The van der Waals surface area contributed by atoms with Crippen molar-refractivity contribution >= 4 is 62.5 Å². The van der Waals surface area contributed by atoms with E-state index in [-0.39, 0.29) is 27.2 Å². The van der Waals surface area contributed by atoms with Crippen LogP contribution < -0.4 is 4.74 Å². The second kappa shape index (κ2) is 8.78. The molecular formula is C21H13BrCl2N4O4. The van der Waals surface area contributed by atoms with Gasteiger partial charge < -0.3 is 9.84 Å². The van der Waals surface area contributed by atoms with Gasteiger partial charge in [-0.1, -0.05) is 23.2 Å². The van der Waals surface area contributed by atoms with Crippen LogP contribution in [0.5, 0.6) is 11.5 Å². The first-order valence-electron chi connectivity index (χ1n) is 9.01. The molecule has 2 aromatic heterocycles. The normalized spacial score (nSPS) is 11.4. The molecule has 0 bridgehead atoms. The van der Waals surface area contributed by atoms with Crippen LogP contribution in [0.4, 0.5) is 11.5 Å². The monoisotopic (exact) mass is 534 g/mol. The number of methoxy groups -OCH3 is 1. The van der Waals surface area contributed by atoms with Gasteiger partial charge >= 0.3 is 0 Å². The SMILES string of the molecule is COc1cc(-c2nc3ccc(Br)cn3c2N=Cc2cc([N+](=O)[O-])c(Cl)cc2Cl)ccc1O. The highest BCUT2D eigenvalue weighted by Crippen LogP contribution is 2.37. The van der Waals surface area contributed by atoms with Gasteiger partial charge in [0.05, 0.1) is 17.1 Å². The lowest BCUT2D eigenvalue weighted by atomic mass is 10.1. The molecule has 0 fully saturated rings. The first-order chi connectivity index (χ1) is 15.3. The van der Waals surface area contributed by atoms with E-state index in [2.05, 4.69) is 25.9 Å². The highest BCUT2D eigenvalue weighted by molar-refractivity contribution is 9.10. The van der Waals surface area contributed by atoms with Crippen LogP contribution >= 0.6 is 39.1 Å². The molecule has 0 unspecified atom stereocenters. The van der Waals surface area contributed by atoms with Gasteiger partial charge in [0.1, 0.15) is 16.4 Å². The minimum atomic E-state index is -0.588. The van der Waals surface area contributed by atoms with Crippen molar-refractivity contribution in [1.29, 1.82) is 0 Å². The molecule has 2 aromatic carbocycles. The Morgan fingerprint density at radius 2 is 2.00 bits per heavy atom. The number of aromatic hydroxyl groups is 1. The highest BCUT2D eigenvalue weighted by atomic mass is 79.9. The summed E-state index contributed by atoms with van der Waals surface area (Å²) in [5.41, 5.74) is 1.83. The average molecular weight is 536 g/mol. The molecular weight excluding hydrogens is 523 g/mol. The van der Waals surface area contributed by atoms with Gasteiger partial charge in [-0.3, -0.25) is 14.5 Å². The zero-order valence-corrected chi connectivity index (χ0v) is 19.4. The molecule has 0 atom stereocenters. The molecule has 4 rings (SSSR count). The number of rotatable bonds is 5. The van der Waals surface area contributed by atoms with Crippen molar-refractivity contribution in [2.75, 3.05) is 7.11 Å². The van der Waals surface area contributed by atoms with Gasteiger partial charge in [0, 0.05) is 34.1 Å². The number of nitrogens with zero attached hydrogens (tertiary/aromatic N) is 4. The molecule has 0 radical (unpaired) electrons. The van der Waals surface area contributed by atoms with Crippen LogP contribution in [-0.4, -0.2) is 32.7 Å². The fourth-order valence-corrected chi connectivity index (χ4v) is 3.91. The highest BCUT2D eigenvalue weighted by Gasteiger charge is 2.18. The van der Waals surface area contributed by atoms with Crippen molar-refractivity contribution in [1.82, 2.24) is 9.38 Å². The van der Waals surface area contributed by atoms with Gasteiger partial charge in [0.15, 0.2) is 17.3 Å². The number of ether oxygens (including phenoxy) is 1. The van der Waals surface area contributed by atoms with E-state index in [0.29, 0.717) is 28.3 Å². The maximum Gasteiger partial charge on any atom is 0.288 e. The number of benzene rings is 2. The van der Waals surface area contributed by atoms with Crippen LogP contribution in [0.25, 0.3) is 16.9 Å². The zero-order valence-electron chi connectivity index (χ0n) is 16.3. The summed E-state index contributed by atoms with van der Waals surface area (Å²) >= 11 is 15.6. The molecule has 4 aromatic rings. The zero-order chi connectivity index (χ0) is 23.0. The predicted octanol–water partition coefficient (Wildman–Crippen LogP) is 6.44. The number of phenolic OH excluding ortho intramolecular Hbond substituents is 1. The van der Waals surface area contributed by atoms with E-state index in [9.17, 15) is 15.2 Å². The number of imidazole rings is 1. The van der Waals surface area contributed by atoms with Crippen molar-refractivity contribution in [3.63, 3.8) is 0 Å². The van der Waals surface area contributed by atoms with Crippen LogP contribution in [0.1, 0.15) is 5.56 Å². The van der Waals surface area contributed by atoms with Gasteiger partial charge in [0.25, 0.3) is 5.69 Å². The van der Waals surface area contributed by atoms with Crippen LogP contribution in [0.2, 0.25) is 10.0 Å². The number of pyridine rings is 1. The molecule has 0 aliphatic heterocycles. The summed E-state index contributed by atoms with van der Waals surface area (Å²) in [7, 11) is 1.45. The predicted molar refractivity (Wildman–Crippen MR) is 127 cm³/mol. The fraction of sp³-hybridized carbons (Fsp3) is 0.0476. The molecule has 162 valence electrons. The Morgan fingerprint density at radius 3 is 2.72 bits per heavy atom. The summed E-state index contributed by atoms with van der Waals surface area (Å²) in [4.78, 5) is 19.9. The van der Waals surface area contributed by atoms with Crippen LogP contribution in [-0.2, 0) is 0 Å². The molecule has 8 nitrogen and oxygen atoms in total. The lowest BCUT2D eigenvalue weighted by Gasteiger charge is -2.06. The molecule has 0 aliphatic rings. The standard InChI is InChI=1S/C21H13BrCl2N4O4/c1-32-18-7-11(2-4-17(18)29)20-21(27-10-13(22)3-5-19(27)26-20)25-9-12-6-16(28(30)31)15(24)8-14(12)23/h2-10,29H,1H3. The van der Waals surface area contributed by atoms with Crippen molar-refractivity contribution in [3.05, 3.63) is 78.9 Å². The summed E-state index contributed by atoms with van der Waals surface area (Å²) in [5.74, 6) is 0.725.